The Morgan fingerprint density at radius 2 is 2.67 bits per heavy atom. The Balaban J connectivity index is 2.05. The molecule has 1 atom stereocenters. The average molecular weight is 99.2 g/mol. The van der Waals surface area contributed by atoms with Crippen LogP contribution in [0.25, 0.3) is 0 Å². The maximum absolute atomic E-state index is 8.01. The molecule has 0 aromatic heterocycles. The van der Waals surface area contributed by atoms with E-state index in [0.717, 1.165) is 6.42 Å². The molecule has 0 radical (unpaired) electrons. The Bertz CT molecular complexity index is 80.0. The fourth-order valence-electron chi connectivity index (χ4n) is 0.288. The van der Waals surface area contributed by atoms with Gasteiger partial charge in [-0.25, -0.2) is 0 Å². The standard InChI is InChI=1S/C4H5NS/c5-2-1-4-3-6-4/h4H,1,3H2. The maximum atomic E-state index is 8.01. The van der Waals surface area contributed by atoms with E-state index in [1.807, 2.05) is 11.8 Å². The first-order valence-corrected chi connectivity index (χ1v) is 2.97. The highest BCUT2D eigenvalue weighted by molar-refractivity contribution is 8.06. The summed E-state index contributed by atoms with van der Waals surface area (Å²) in [6, 6.07) is 2.11. The van der Waals surface area contributed by atoms with E-state index in [-0.39, 0.29) is 0 Å². The molecule has 0 saturated carbocycles. The Morgan fingerprint density at radius 1 is 2.00 bits per heavy atom. The summed E-state index contributed by atoms with van der Waals surface area (Å²) in [6.07, 6.45) is 0.755. The van der Waals surface area contributed by atoms with Crippen molar-refractivity contribution in [2.45, 2.75) is 11.7 Å². The SMILES string of the molecule is N#CCC1CS1. The van der Waals surface area contributed by atoms with Gasteiger partial charge in [0.1, 0.15) is 0 Å². The van der Waals surface area contributed by atoms with Crippen molar-refractivity contribution in [2.75, 3.05) is 5.75 Å². The first kappa shape index (κ1) is 4.01. The molecule has 1 unspecified atom stereocenters. The predicted octanol–water partition coefficient (Wildman–Crippen LogP) is 1.02. The third-order valence-corrected chi connectivity index (χ3v) is 1.69. The van der Waals surface area contributed by atoms with Gasteiger partial charge in [0.25, 0.3) is 0 Å². The molecule has 0 aromatic rings. The van der Waals surface area contributed by atoms with Crippen LogP contribution in [-0.2, 0) is 0 Å². The van der Waals surface area contributed by atoms with Crippen molar-refractivity contribution in [3.8, 4) is 6.07 Å². The van der Waals surface area contributed by atoms with Gasteiger partial charge < -0.3 is 0 Å². The van der Waals surface area contributed by atoms with Gasteiger partial charge in [0.2, 0.25) is 0 Å². The number of nitrogens with zero attached hydrogens (tertiary/aromatic N) is 1. The molecule has 0 N–H and O–H groups in total. The van der Waals surface area contributed by atoms with Gasteiger partial charge in [-0.15, -0.1) is 0 Å². The van der Waals surface area contributed by atoms with Crippen LogP contribution in [0.1, 0.15) is 6.42 Å². The van der Waals surface area contributed by atoms with Gasteiger partial charge in [0.05, 0.1) is 6.07 Å². The molecule has 0 aliphatic carbocycles. The molecule has 0 amide bonds. The molecule has 2 heteroatoms. The van der Waals surface area contributed by atoms with Crippen molar-refractivity contribution in [1.29, 1.82) is 5.26 Å². The zero-order valence-corrected chi connectivity index (χ0v) is 4.16. The minimum absolute atomic E-state index is 0.704. The summed E-state index contributed by atoms with van der Waals surface area (Å²) >= 11 is 1.87. The van der Waals surface area contributed by atoms with Gasteiger partial charge in [-0.2, -0.15) is 17.0 Å². The Hall–Kier alpha value is -0.160. The van der Waals surface area contributed by atoms with Crippen LogP contribution in [0.4, 0.5) is 0 Å². The Kier molecular flexibility index (Phi) is 1.02. The van der Waals surface area contributed by atoms with Crippen LogP contribution in [0.2, 0.25) is 0 Å². The fourth-order valence-corrected chi connectivity index (χ4v) is 0.734. The number of rotatable bonds is 1. The van der Waals surface area contributed by atoms with Gasteiger partial charge in [-0.1, -0.05) is 0 Å². The van der Waals surface area contributed by atoms with Crippen LogP contribution in [0.15, 0.2) is 0 Å². The second-order valence-corrected chi connectivity index (χ2v) is 2.65. The van der Waals surface area contributed by atoms with Crippen molar-refractivity contribution in [3.05, 3.63) is 0 Å². The summed E-state index contributed by atoms with van der Waals surface area (Å²) in [7, 11) is 0. The van der Waals surface area contributed by atoms with E-state index >= 15 is 0 Å². The van der Waals surface area contributed by atoms with Gasteiger partial charge in [-0.3, -0.25) is 0 Å². The van der Waals surface area contributed by atoms with E-state index in [4.69, 9.17) is 5.26 Å². The summed E-state index contributed by atoms with van der Waals surface area (Å²) in [6.45, 7) is 0. The molecule has 1 saturated heterocycles. The molecule has 0 aromatic carbocycles. The summed E-state index contributed by atoms with van der Waals surface area (Å²) < 4.78 is 0. The zero-order valence-electron chi connectivity index (χ0n) is 3.35. The van der Waals surface area contributed by atoms with Gasteiger partial charge >= 0.3 is 0 Å². The normalized spacial score (nSPS) is 28.8. The first-order valence-electron chi connectivity index (χ1n) is 1.92. The highest BCUT2D eigenvalue weighted by atomic mass is 32.2. The molecule has 32 valence electrons. The van der Waals surface area contributed by atoms with Crippen molar-refractivity contribution in [3.63, 3.8) is 0 Å². The monoisotopic (exact) mass is 99.0 g/mol. The smallest absolute Gasteiger partial charge is 0.0633 e. The lowest BCUT2D eigenvalue weighted by molar-refractivity contribution is 1.09. The van der Waals surface area contributed by atoms with Crippen LogP contribution in [0.5, 0.6) is 0 Å². The second kappa shape index (κ2) is 1.53. The van der Waals surface area contributed by atoms with Crippen molar-refractivity contribution < 1.29 is 0 Å². The van der Waals surface area contributed by atoms with Crippen LogP contribution in [0, 0.1) is 11.3 Å². The van der Waals surface area contributed by atoms with E-state index in [9.17, 15) is 0 Å². The van der Waals surface area contributed by atoms with E-state index < -0.39 is 0 Å². The van der Waals surface area contributed by atoms with Gasteiger partial charge in [0.15, 0.2) is 0 Å². The largest absolute Gasteiger partial charge is 0.198 e. The fraction of sp³-hybridized carbons (Fsp3) is 0.750. The molecule has 1 heterocycles. The lowest BCUT2D eigenvalue weighted by Gasteiger charge is -1.68. The second-order valence-electron chi connectivity index (χ2n) is 1.32. The molecule has 1 nitrogen and oxygen atoms in total. The number of hydrogen-bond donors (Lipinski definition) is 0. The van der Waals surface area contributed by atoms with E-state index in [1.54, 1.807) is 0 Å². The summed E-state index contributed by atoms with van der Waals surface area (Å²) in [5, 5.41) is 8.72. The number of hydrogen-bond acceptors (Lipinski definition) is 2. The van der Waals surface area contributed by atoms with Crippen molar-refractivity contribution in [2.24, 2.45) is 0 Å². The van der Waals surface area contributed by atoms with Crippen molar-refractivity contribution >= 4 is 11.8 Å². The van der Waals surface area contributed by atoms with Crippen LogP contribution >= 0.6 is 11.8 Å². The third-order valence-electron chi connectivity index (χ3n) is 0.721. The molecule has 1 aliphatic heterocycles. The molecular weight excluding hydrogens is 94.1 g/mol. The summed E-state index contributed by atoms with van der Waals surface area (Å²) in [5.41, 5.74) is 0. The minimum atomic E-state index is 0.704. The highest BCUT2D eigenvalue weighted by Crippen LogP contribution is 2.32. The van der Waals surface area contributed by atoms with Crippen LogP contribution in [0.3, 0.4) is 0 Å². The van der Waals surface area contributed by atoms with Gasteiger partial charge in [0, 0.05) is 17.4 Å². The molecular formula is C4H5NS. The number of thioether (sulfide) groups is 1. The lowest BCUT2D eigenvalue weighted by Crippen LogP contribution is -1.74. The third kappa shape index (κ3) is 0.908. The summed E-state index contributed by atoms with van der Waals surface area (Å²) in [4.78, 5) is 0. The maximum Gasteiger partial charge on any atom is 0.0633 e. The quantitative estimate of drug-likeness (QED) is 0.458. The Labute approximate surface area is 41.3 Å². The zero-order chi connectivity index (χ0) is 4.41. The minimum Gasteiger partial charge on any atom is -0.198 e. The summed E-state index contributed by atoms with van der Waals surface area (Å²) in [5.74, 6) is 1.22. The first-order chi connectivity index (χ1) is 2.93. The van der Waals surface area contributed by atoms with Crippen LogP contribution in [-0.4, -0.2) is 11.0 Å². The topological polar surface area (TPSA) is 23.8 Å². The molecule has 0 spiro atoms. The molecule has 1 rings (SSSR count). The van der Waals surface area contributed by atoms with Gasteiger partial charge in [-0.05, 0) is 0 Å². The molecule has 6 heavy (non-hydrogen) atoms. The highest BCUT2D eigenvalue weighted by Gasteiger charge is 2.20. The van der Waals surface area contributed by atoms with E-state index in [0.29, 0.717) is 5.25 Å². The average Bonchev–Trinajstić information content (AvgIpc) is 2.21. The van der Waals surface area contributed by atoms with Crippen LogP contribution < -0.4 is 0 Å². The van der Waals surface area contributed by atoms with E-state index in [2.05, 4.69) is 6.07 Å². The van der Waals surface area contributed by atoms with E-state index in [1.165, 1.54) is 5.75 Å². The number of nitriles is 1. The molecule has 0 bridgehead atoms. The lowest BCUT2D eigenvalue weighted by atomic mass is 10.4. The Morgan fingerprint density at radius 3 is 2.83 bits per heavy atom. The predicted molar refractivity (Wildman–Crippen MR) is 26.5 cm³/mol. The van der Waals surface area contributed by atoms with Crippen molar-refractivity contribution in [1.82, 2.24) is 0 Å². The molecule has 1 fully saturated rings. The molecule has 1 aliphatic rings.